The Hall–Kier alpha value is -0.770. The molecule has 0 bridgehead atoms. The molecule has 0 N–H and O–H groups in total. The first kappa shape index (κ1) is 9.77. The second kappa shape index (κ2) is 4.17. The third-order valence-corrected chi connectivity index (χ3v) is 3.28. The van der Waals surface area contributed by atoms with Crippen molar-refractivity contribution >= 4 is 6.09 Å². The van der Waals surface area contributed by atoms with Gasteiger partial charge in [0.2, 0.25) is 0 Å². The van der Waals surface area contributed by atoms with Crippen LogP contribution in [0.15, 0.2) is 0 Å². The Labute approximate surface area is 84.5 Å². The molecule has 0 spiro atoms. The fourth-order valence-corrected chi connectivity index (χ4v) is 2.53. The lowest BCUT2D eigenvalue weighted by molar-refractivity contribution is -0.266. The summed E-state index contributed by atoms with van der Waals surface area (Å²) in [6.07, 6.45) is 3.53. The van der Waals surface area contributed by atoms with Crippen LogP contribution in [0.2, 0.25) is 0 Å². The highest BCUT2D eigenvalue weighted by molar-refractivity contribution is 5.63. The fourth-order valence-electron chi connectivity index (χ4n) is 2.53. The lowest BCUT2D eigenvalue weighted by Crippen LogP contribution is -2.48. The molecule has 4 nitrogen and oxygen atoms in total. The molecule has 0 aromatic heterocycles. The van der Waals surface area contributed by atoms with E-state index in [1.807, 2.05) is 0 Å². The van der Waals surface area contributed by atoms with Crippen molar-refractivity contribution in [2.24, 2.45) is 0 Å². The number of carboxylic acid groups (broad SMARTS) is 1. The zero-order valence-corrected chi connectivity index (χ0v) is 8.45. The maximum Gasteiger partial charge on any atom is 0.137 e. The van der Waals surface area contributed by atoms with Crippen LogP contribution in [0, 0.1) is 0 Å². The van der Waals surface area contributed by atoms with Gasteiger partial charge in [0.1, 0.15) is 6.09 Å². The molecule has 14 heavy (non-hydrogen) atoms. The summed E-state index contributed by atoms with van der Waals surface area (Å²) in [4.78, 5) is 14.6. The fraction of sp³-hybridized carbons (Fsp3) is 0.900. The Morgan fingerprint density at radius 3 is 2.57 bits per heavy atom. The maximum absolute atomic E-state index is 10.8. The highest BCUT2D eigenvalue weighted by Crippen LogP contribution is 2.19. The predicted octanol–water partition coefficient (Wildman–Crippen LogP) is -0.110. The Bertz CT molecular complexity index is 214. The first-order valence-electron chi connectivity index (χ1n) is 5.47. The van der Waals surface area contributed by atoms with Crippen molar-refractivity contribution in [2.75, 3.05) is 26.2 Å². The summed E-state index contributed by atoms with van der Waals surface area (Å²) in [5.41, 5.74) is 0. The van der Waals surface area contributed by atoms with Gasteiger partial charge in [-0.2, -0.15) is 0 Å². The average Bonchev–Trinajstić information content (AvgIpc) is 2.75. The van der Waals surface area contributed by atoms with Crippen LogP contribution in [0.5, 0.6) is 0 Å². The van der Waals surface area contributed by atoms with Gasteiger partial charge in [0.15, 0.2) is 0 Å². The largest absolute Gasteiger partial charge is 0.530 e. The van der Waals surface area contributed by atoms with E-state index in [4.69, 9.17) is 0 Å². The van der Waals surface area contributed by atoms with Crippen LogP contribution in [-0.4, -0.2) is 48.1 Å². The van der Waals surface area contributed by atoms with E-state index in [0.29, 0.717) is 6.54 Å². The maximum atomic E-state index is 10.8. The quantitative estimate of drug-likeness (QED) is 0.620. The number of carbonyl (C=O) groups excluding carboxylic acids is 1. The molecule has 0 unspecified atom stereocenters. The lowest BCUT2D eigenvalue weighted by Gasteiger charge is -2.30. The van der Waals surface area contributed by atoms with Gasteiger partial charge in [-0.3, -0.25) is 0 Å². The molecule has 2 fully saturated rings. The topological polar surface area (TPSA) is 46.6 Å². The second-order valence-electron chi connectivity index (χ2n) is 4.26. The number of likely N-dealkylation sites (tertiary alicyclic amines) is 2. The van der Waals surface area contributed by atoms with Gasteiger partial charge in [-0.25, -0.2) is 0 Å². The van der Waals surface area contributed by atoms with Gasteiger partial charge in [0.05, 0.1) is 0 Å². The smallest absolute Gasteiger partial charge is 0.137 e. The summed E-state index contributed by atoms with van der Waals surface area (Å²) >= 11 is 0. The van der Waals surface area contributed by atoms with E-state index < -0.39 is 6.09 Å². The third-order valence-electron chi connectivity index (χ3n) is 3.28. The number of nitrogens with zero attached hydrogens (tertiary/aromatic N) is 2. The molecule has 2 aliphatic heterocycles. The minimum Gasteiger partial charge on any atom is -0.530 e. The summed E-state index contributed by atoms with van der Waals surface area (Å²) < 4.78 is 0. The molecule has 2 aliphatic rings. The van der Waals surface area contributed by atoms with Crippen LogP contribution >= 0.6 is 0 Å². The van der Waals surface area contributed by atoms with E-state index in [1.165, 1.54) is 17.7 Å². The van der Waals surface area contributed by atoms with E-state index in [0.717, 1.165) is 32.5 Å². The number of amides is 1. The number of rotatable bonds is 2. The molecule has 0 aromatic rings. The van der Waals surface area contributed by atoms with Gasteiger partial charge >= 0.3 is 0 Å². The van der Waals surface area contributed by atoms with Crippen LogP contribution in [0.3, 0.4) is 0 Å². The Morgan fingerprint density at radius 1 is 1.21 bits per heavy atom. The summed E-state index contributed by atoms with van der Waals surface area (Å²) in [5.74, 6) is 0. The SMILES string of the molecule is O=C([O-])N1CCC[C@H]1CN1CCCC1. The van der Waals surface area contributed by atoms with Gasteiger partial charge < -0.3 is 19.7 Å². The van der Waals surface area contributed by atoms with Gasteiger partial charge in [-0.15, -0.1) is 0 Å². The molecule has 2 saturated heterocycles. The molecule has 0 saturated carbocycles. The second-order valence-corrected chi connectivity index (χ2v) is 4.26. The van der Waals surface area contributed by atoms with Crippen molar-refractivity contribution in [3.8, 4) is 0 Å². The van der Waals surface area contributed by atoms with Crippen molar-refractivity contribution in [1.29, 1.82) is 0 Å². The Kier molecular flexibility index (Phi) is 2.91. The minimum atomic E-state index is -0.994. The Balaban J connectivity index is 1.86. The molecule has 2 heterocycles. The molecule has 1 amide bonds. The molecule has 80 valence electrons. The first-order valence-corrected chi connectivity index (χ1v) is 5.47. The van der Waals surface area contributed by atoms with Crippen LogP contribution in [0.1, 0.15) is 25.7 Å². The zero-order chi connectivity index (χ0) is 9.97. The van der Waals surface area contributed by atoms with Crippen LogP contribution < -0.4 is 5.11 Å². The normalized spacial score (nSPS) is 28.6. The van der Waals surface area contributed by atoms with Gasteiger partial charge in [0.25, 0.3) is 0 Å². The van der Waals surface area contributed by atoms with Crippen LogP contribution in [0.25, 0.3) is 0 Å². The number of carbonyl (C=O) groups is 1. The molecule has 0 radical (unpaired) electrons. The summed E-state index contributed by atoms with van der Waals surface area (Å²) in [6.45, 7) is 3.85. The van der Waals surface area contributed by atoms with Crippen molar-refractivity contribution in [1.82, 2.24) is 9.80 Å². The summed E-state index contributed by atoms with van der Waals surface area (Å²) in [5, 5.41) is 10.8. The van der Waals surface area contributed by atoms with Crippen molar-refractivity contribution in [2.45, 2.75) is 31.7 Å². The predicted molar refractivity (Wildman–Crippen MR) is 50.8 cm³/mol. The number of hydrogen-bond donors (Lipinski definition) is 0. The monoisotopic (exact) mass is 197 g/mol. The van der Waals surface area contributed by atoms with Gasteiger partial charge in [-0.05, 0) is 38.8 Å². The molecule has 4 heteroatoms. The molecule has 2 rings (SSSR count). The standard InChI is InChI=1S/C10H18N2O2/c13-10(14)12-7-3-4-9(12)8-11-5-1-2-6-11/h9H,1-8H2,(H,13,14)/p-1/t9-/m0/s1. The first-order chi connectivity index (χ1) is 6.77. The highest BCUT2D eigenvalue weighted by atomic mass is 16.4. The third kappa shape index (κ3) is 2.00. The molecular weight excluding hydrogens is 180 g/mol. The van der Waals surface area contributed by atoms with Crippen molar-refractivity contribution in [3.05, 3.63) is 0 Å². The van der Waals surface area contributed by atoms with Crippen molar-refractivity contribution in [3.63, 3.8) is 0 Å². The van der Waals surface area contributed by atoms with Crippen LogP contribution in [0.4, 0.5) is 4.79 Å². The molecule has 1 atom stereocenters. The Morgan fingerprint density at radius 2 is 1.93 bits per heavy atom. The molecule has 0 aromatic carbocycles. The van der Waals surface area contributed by atoms with Gasteiger partial charge in [-0.1, -0.05) is 0 Å². The zero-order valence-electron chi connectivity index (χ0n) is 8.45. The highest BCUT2D eigenvalue weighted by Gasteiger charge is 2.27. The number of hydrogen-bond acceptors (Lipinski definition) is 3. The van der Waals surface area contributed by atoms with E-state index in [2.05, 4.69) is 4.90 Å². The van der Waals surface area contributed by atoms with Crippen LogP contribution in [-0.2, 0) is 0 Å². The van der Waals surface area contributed by atoms with Gasteiger partial charge in [0, 0.05) is 19.1 Å². The van der Waals surface area contributed by atoms with E-state index >= 15 is 0 Å². The summed E-state index contributed by atoms with van der Waals surface area (Å²) in [6, 6.07) is 0.193. The minimum absolute atomic E-state index is 0.193. The lowest BCUT2D eigenvalue weighted by atomic mass is 10.2. The summed E-state index contributed by atoms with van der Waals surface area (Å²) in [7, 11) is 0. The molecular formula is C10H17N2O2-. The van der Waals surface area contributed by atoms with E-state index in [1.54, 1.807) is 0 Å². The van der Waals surface area contributed by atoms with Crippen molar-refractivity contribution < 1.29 is 9.90 Å². The van der Waals surface area contributed by atoms with E-state index in [-0.39, 0.29) is 6.04 Å². The average molecular weight is 197 g/mol. The molecule has 0 aliphatic carbocycles. The van der Waals surface area contributed by atoms with E-state index in [9.17, 15) is 9.90 Å².